The first-order valence-electron chi connectivity index (χ1n) is 8.72. The number of thiophene rings is 1. The van der Waals surface area contributed by atoms with Gasteiger partial charge in [0.25, 0.3) is 0 Å². The molecule has 0 saturated carbocycles. The summed E-state index contributed by atoms with van der Waals surface area (Å²) in [5, 5.41) is 6.89. The monoisotopic (exact) mass is 402 g/mol. The van der Waals surface area contributed by atoms with Crippen molar-refractivity contribution in [2.24, 2.45) is 11.8 Å². The van der Waals surface area contributed by atoms with E-state index in [0.717, 1.165) is 21.9 Å². The van der Waals surface area contributed by atoms with Crippen molar-refractivity contribution in [1.29, 1.82) is 0 Å². The zero-order chi connectivity index (χ0) is 19.1. The Kier molecular flexibility index (Phi) is 4.70. The largest absolute Gasteiger partial charge is 0.468 e. The van der Waals surface area contributed by atoms with Crippen LogP contribution in [0.15, 0.2) is 47.7 Å². The molecule has 2 heterocycles. The Labute approximate surface area is 166 Å². The number of anilines is 2. The molecule has 2 N–H and O–H groups in total. The molecule has 0 fully saturated rings. The lowest BCUT2D eigenvalue weighted by Crippen LogP contribution is -2.39. The standard InChI is InChI=1S/C20H19ClN2O3S/c1-10-9-13-17(19(24)16(10)20(25)26-2)18(14-7-8-15(21)27-14)23-12-6-4-3-5-11(12)22-13/h3-8,10,16,18,22-23H,9H2,1-2H3/t10-,16-,18-/m1/s1. The predicted molar refractivity (Wildman–Crippen MR) is 107 cm³/mol. The van der Waals surface area contributed by atoms with Crippen LogP contribution in [0.1, 0.15) is 24.3 Å². The highest BCUT2D eigenvalue weighted by Gasteiger charge is 2.44. The number of nitrogens with one attached hydrogen (secondary N) is 2. The first-order valence-corrected chi connectivity index (χ1v) is 9.92. The van der Waals surface area contributed by atoms with E-state index in [4.69, 9.17) is 16.3 Å². The lowest BCUT2D eigenvalue weighted by atomic mass is 9.75. The highest BCUT2D eigenvalue weighted by Crippen LogP contribution is 2.45. The van der Waals surface area contributed by atoms with Crippen molar-refractivity contribution in [2.75, 3.05) is 17.7 Å². The number of ether oxygens (including phenoxy) is 1. The van der Waals surface area contributed by atoms with Crippen molar-refractivity contribution < 1.29 is 14.3 Å². The zero-order valence-electron chi connectivity index (χ0n) is 14.9. The van der Waals surface area contributed by atoms with Crippen LogP contribution < -0.4 is 10.6 Å². The summed E-state index contributed by atoms with van der Waals surface area (Å²) in [7, 11) is 1.32. The van der Waals surface area contributed by atoms with Crippen molar-refractivity contribution in [3.05, 3.63) is 56.9 Å². The van der Waals surface area contributed by atoms with E-state index in [1.54, 1.807) is 0 Å². The molecule has 1 aromatic heterocycles. The van der Waals surface area contributed by atoms with Crippen molar-refractivity contribution in [3.63, 3.8) is 0 Å². The van der Waals surface area contributed by atoms with Gasteiger partial charge in [-0.3, -0.25) is 9.59 Å². The highest BCUT2D eigenvalue weighted by atomic mass is 35.5. The lowest BCUT2D eigenvalue weighted by molar-refractivity contribution is -0.151. The third-order valence-electron chi connectivity index (χ3n) is 5.10. The second-order valence-electron chi connectivity index (χ2n) is 6.83. The molecule has 0 bridgehead atoms. The van der Waals surface area contributed by atoms with Crippen LogP contribution >= 0.6 is 22.9 Å². The topological polar surface area (TPSA) is 67.4 Å². The number of esters is 1. The van der Waals surface area contributed by atoms with E-state index in [9.17, 15) is 9.59 Å². The van der Waals surface area contributed by atoms with Gasteiger partial charge < -0.3 is 15.4 Å². The van der Waals surface area contributed by atoms with Gasteiger partial charge in [-0.2, -0.15) is 0 Å². The molecule has 0 saturated heterocycles. The minimum absolute atomic E-state index is 0.144. The minimum atomic E-state index is -0.795. The van der Waals surface area contributed by atoms with Gasteiger partial charge in [0, 0.05) is 16.1 Å². The van der Waals surface area contributed by atoms with Crippen LogP contribution in [0.3, 0.4) is 0 Å². The molecule has 1 aliphatic carbocycles. The molecule has 0 amide bonds. The molecule has 1 aliphatic heterocycles. The number of Topliss-reactive ketones (excluding diaryl/α,β-unsaturated/α-hetero) is 1. The Morgan fingerprint density at radius 1 is 1.22 bits per heavy atom. The predicted octanol–water partition coefficient (Wildman–Crippen LogP) is 4.63. The Hall–Kier alpha value is -2.31. The van der Waals surface area contributed by atoms with Crippen molar-refractivity contribution in [3.8, 4) is 0 Å². The fourth-order valence-corrected chi connectivity index (χ4v) is 4.95. The summed E-state index contributed by atoms with van der Waals surface area (Å²) in [5.74, 6) is -1.62. The summed E-state index contributed by atoms with van der Waals surface area (Å²) in [5.41, 5.74) is 3.24. The molecule has 140 valence electrons. The Morgan fingerprint density at radius 2 is 1.96 bits per heavy atom. The van der Waals surface area contributed by atoms with Crippen LogP contribution in [0.5, 0.6) is 0 Å². The molecule has 1 aromatic carbocycles. The highest BCUT2D eigenvalue weighted by molar-refractivity contribution is 7.16. The van der Waals surface area contributed by atoms with Crippen LogP contribution in [0, 0.1) is 11.8 Å². The van der Waals surface area contributed by atoms with Gasteiger partial charge in [0.15, 0.2) is 5.78 Å². The molecule has 4 rings (SSSR count). The van der Waals surface area contributed by atoms with Gasteiger partial charge in [0.2, 0.25) is 0 Å². The van der Waals surface area contributed by atoms with Crippen LogP contribution in [0.2, 0.25) is 4.34 Å². The first-order chi connectivity index (χ1) is 13.0. The average Bonchev–Trinajstić information content (AvgIpc) is 3.00. The number of rotatable bonds is 2. The van der Waals surface area contributed by atoms with Gasteiger partial charge in [-0.25, -0.2) is 0 Å². The summed E-state index contributed by atoms with van der Waals surface area (Å²) in [6, 6.07) is 11.2. The Bertz CT molecular complexity index is 952. The van der Waals surface area contributed by atoms with E-state index in [0.29, 0.717) is 16.3 Å². The minimum Gasteiger partial charge on any atom is -0.468 e. The number of halogens is 1. The molecule has 0 unspecified atom stereocenters. The normalized spacial score (nSPS) is 24.3. The second-order valence-corrected chi connectivity index (χ2v) is 8.58. The summed E-state index contributed by atoms with van der Waals surface area (Å²) in [4.78, 5) is 26.6. The maximum atomic E-state index is 13.4. The van der Waals surface area contributed by atoms with Crippen molar-refractivity contribution in [2.45, 2.75) is 19.4 Å². The molecule has 3 atom stereocenters. The number of allylic oxidation sites excluding steroid dienone is 1. The van der Waals surface area contributed by atoms with E-state index in [1.807, 2.05) is 43.3 Å². The molecule has 2 aliphatic rings. The van der Waals surface area contributed by atoms with E-state index >= 15 is 0 Å². The fourth-order valence-electron chi connectivity index (χ4n) is 3.83. The number of carbonyl (C=O) groups excluding carboxylic acids is 2. The third-order valence-corrected chi connectivity index (χ3v) is 6.40. The van der Waals surface area contributed by atoms with Crippen molar-refractivity contribution >= 4 is 46.1 Å². The molecular weight excluding hydrogens is 384 g/mol. The number of para-hydroxylation sites is 2. The van der Waals surface area contributed by atoms with E-state index < -0.39 is 11.9 Å². The average molecular weight is 403 g/mol. The van der Waals surface area contributed by atoms with E-state index in [1.165, 1.54) is 18.4 Å². The van der Waals surface area contributed by atoms with Crippen LogP contribution in [-0.4, -0.2) is 18.9 Å². The lowest BCUT2D eigenvalue weighted by Gasteiger charge is -2.32. The number of benzene rings is 1. The van der Waals surface area contributed by atoms with E-state index in [2.05, 4.69) is 10.6 Å². The van der Waals surface area contributed by atoms with Crippen LogP contribution in [0.4, 0.5) is 11.4 Å². The Balaban J connectivity index is 1.86. The van der Waals surface area contributed by atoms with Crippen LogP contribution in [0.25, 0.3) is 0 Å². The van der Waals surface area contributed by atoms with Gasteiger partial charge in [-0.05, 0) is 36.6 Å². The molecule has 27 heavy (non-hydrogen) atoms. The molecule has 0 radical (unpaired) electrons. The molecule has 2 aromatic rings. The number of ketones is 1. The van der Waals surface area contributed by atoms with Gasteiger partial charge in [0.05, 0.1) is 28.9 Å². The van der Waals surface area contributed by atoms with E-state index in [-0.39, 0.29) is 17.7 Å². The number of carbonyl (C=O) groups is 2. The summed E-state index contributed by atoms with van der Waals surface area (Å²) < 4.78 is 5.56. The Morgan fingerprint density at radius 3 is 2.63 bits per heavy atom. The maximum absolute atomic E-state index is 13.4. The van der Waals surface area contributed by atoms with Gasteiger partial charge in [0.1, 0.15) is 5.92 Å². The maximum Gasteiger partial charge on any atom is 0.316 e. The summed E-state index contributed by atoms with van der Waals surface area (Å²) in [6.45, 7) is 1.91. The number of methoxy groups -OCH3 is 1. The zero-order valence-corrected chi connectivity index (χ0v) is 16.5. The first kappa shape index (κ1) is 18.1. The smallest absolute Gasteiger partial charge is 0.316 e. The molecule has 7 heteroatoms. The molecule has 0 spiro atoms. The fraction of sp³-hybridized carbons (Fsp3) is 0.300. The second kappa shape index (κ2) is 7.02. The molecule has 5 nitrogen and oxygen atoms in total. The van der Waals surface area contributed by atoms with Gasteiger partial charge in [-0.1, -0.05) is 30.7 Å². The molecular formula is C20H19ClN2O3S. The number of hydrogen-bond donors (Lipinski definition) is 2. The summed E-state index contributed by atoms with van der Waals surface area (Å²) in [6.07, 6.45) is 0.590. The number of fused-ring (bicyclic) bond motifs is 1. The number of hydrogen-bond acceptors (Lipinski definition) is 6. The summed E-state index contributed by atoms with van der Waals surface area (Å²) >= 11 is 7.58. The van der Waals surface area contributed by atoms with Gasteiger partial charge >= 0.3 is 5.97 Å². The quantitative estimate of drug-likeness (QED) is 0.566. The SMILES string of the molecule is COC(=O)[C@H]1C(=O)C2=C(C[C@H]1C)Nc1ccccc1N[C@@H]2c1ccc(Cl)s1. The van der Waals surface area contributed by atoms with Gasteiger partial charge in [-0.15, -0.1) is 11.3 Å². The van der Waals surface area contributed by atoms with Crippen molar-refractivity contribution in [1.82, 2.24) is 0 Å². The van der Waals surface area contributed by atoms with Crippen LogP contribution in [-0.2, 0) is 14.3 Å². The third kappa shape index (κ3) is 3.13.